The molecule has 0 aliphatic carbocycles. The molecule has 0 saturated carbocycles. The van der Waals surface area contributed by atoms with Crippen LogP contribution in [0.1, 0.15) is 0 Å². The van der Waals surface area contributed by atoms with Crippen LogP contribution in [0.25, 0.3) is 0 Å². The van der Waals surface area contributed by atoms with Gasteiger partial charge in [-0.2, -0.15) is 0 Å². The van der Waals surface area contributed by atoms with Crippen molar-refractivity contribution in [2.45, 2.75) is 6.36 Å². The summed E-state index contributed by atoms with van der Waals surface area (Å²) >= 11 is 0. The Labute approximate surface area is 165 Å². The molecule has 8 nitrogen and oxygen atoms in total. The molecule has 156 valence electrons. The van der Waals surface area contributed by atoms with E-state index in [4.69, 9.17) is 4.74 Å². The van der Waals surface area contributed by atoms with Crippen LogP contribution in [0.4, 0.5) is 30.6 Å². The molecule has 11 heteroatoms. The van der Waals surface area contributed by atoms with Crippen molar-refractivity contribution in [2.75, 3.05) is 67.2 Å². The van der Waals surface area contributed by atoms with Crippen molar-refractivity contribution in [3.05, 3.63) is 30.7 Å². The number of pyridine rings is 1. The summed E-state index contributed by atoms with van der Waals surface area (Å²) in [7, 11) is 0. The fourth-order valence-corrected chi connectivity index (χ4v) is 3.39. The molecule has 0 amide bonds. The number of piperazine rings is 1. The topological polar surface area (TPSA) is 66.9 Å². The van der Waals surface area contributed by atoms with E-state index in [1.165, 1.54) is 12.1 Å². The van der Waals surface area contributed by atoms with Gasteiger partial charge < -0.3 is 24.2 Å². The first-order chi connectivity index (χ1) is 14.0. The summed E-state index contributed by atoms with van der Waals surface area (Å²) in [6.45, 7) is 5.82. The number of aromatic nitrogens is 3. The Balaban J connectivity index is 1.36. The normalized spacial score (nSPS) is 18.1. The molecule has 2 fully saturated rings. The lowest BCUT2D eigenvalue weighted by molar-refractivity contribution is -0.274. The van der Waals surface area contributed by atoms with E-state index in [9.17, 15) is 13.2 Å². The van der Waals surface area contributed by atoms with Crippen LogP contribution >= 0.6 is 0 Å². The number of rotatable bonds is 4. The predicted octanol–water partition coefficient (Wildman–Crippen LogP) is 1.93. The van der Waals surface area contributed by atoms with Gasteiger partial charge in [-0.05, 0) is 12.1 Å². The van der Waals surface area contributed by atoms with E-state index in [0.29, 0.717) is 32.1 Å². The van der Waals surface area contributed by atoms with Crippen molar-refractivity contribution < 1.29 is 22.6 Å². The molecule has 0 bridgehead atoms. The molecular weight excluding hydrogens is 389 g/mol. The van der Waals surface area contributed by atoms with Gasteiger partial charge in [0.15, 0.2) is 0 Å². The Kier molecular flexibility index (Phi) is 5.56. The minimum atomic E-state index is -4.72. The van der Waals surface area contributed by atoms with Crippen molar-refractivity contribution in [3.8, 4) is 5.75 Å². The molecule has 0 spiro atoms. The highest BCUT2D eigenvalue weighted by Crippen LogP contribution is 2.25. The molecule has 29 heavy (non-hydrogen) atoms. The minimum Gasteiger partial charge on any atom is -0.404 e. The van der Waals surface area contributed by atoms with E-state index in [2.05, 4.69) is 29.5 Å². The maximum absolute atomic E-state index is 12.3. The second kappa shape index (κ2) is 8.27. The van der Waals surface area contributed by atoms with Crippen molar-refractivity contribution in [1.29, 1.82) is 0 Å². The first-order valence-electron chi connectivity index (χ1n) is 9.34. The zero-order valence-electron chi connectivity index (χ0n) is 15.7. The van der Waals surface area contributed by atoms with E-state index >= 15 is 0 Å². The summed E-state index contributed by atoms with van der Waals surface area (Å²) in [5, 5.41) is 0. The maximum atomic E-state index is 12.3. The van der Waals surface area contributed by atoms with Crippen molar-refractivity contribution in [3.63, 3.8) is 0 Å². The van der Waals surface area contributed by atoms with Crippen LogP contribution in [0, 0.1) is 0 Å². The molecule has 2 aromatic rings. The lowest BCUT2D eigenvalue weighted by Gasteiger charge is -2.36. The predicted molar refractivity (Wildman–Crippen MR) is 100 cm³/mol. The second-order valence-corrected chi connectivity index (χ2v) is 6.71. The molecular formula is C18H21F3N6O2. The first kappa shape index (κ1) is 19.5. The van der Waals surface area contributed by atoms with Crippen molar-refractivity contribution >= 4 is 17.5 Å². The molecule has 0 atom stereocenters. The zero-order chi connectivity index (χ0) is 20.3. The third kappa shape index (κ3) is 4.97. The molecule has 2 aliphatic heterocycles. The Morgan fingerprint density at radius 1 is 0.793 bits per heavy atom. The average Bonchev–Trinajstić information content (AvgIpc) is 2.74. The number of morpholine rings is 1. The number of nitrogens with zero attached hydrogens (tertiary/aromatic N) is 6. The highest BCUT2D eigenvalue weighted by Gasteiger charge is 2.31. The molecule has 4 rings (SSSR count). The molecule has 0 N–H and O–H groups in total. The summed E-state index contributed by atoms with van der Waals surface area (Å²) in [6.07, 6.45) is -2.05. The molecule has 2 aliphatic rings. The lowest BCUT2D eigenvalue weighted by atomic mass is 10.3. The van der Waals surface area contributed by atoms with Crippen molar-refractivity contribution in [1.82, 2.24) is 15.0 Å². The summed E-state index contributed by atoms with van der Waals surface area (Å²) in [5.74, 6) is 2.05. The fourth-order valence-electron chi connectivity index (χ4n) is 3.39. The van der Waals surface area contributed by atoms with E-state index in [-0.39, 0.29) is 5.75 Å². The number of ether oxygens (including phenoxy) is 2. The van der Waals surface area contributed by atoms with Gasteiger partial charge in [0.05, 0.1) is 19.4 Å². The third-order valence-electron chi connectivity index (χ3n) is 4.86. The molecule has 0 unspecified atom stereocenters. The molecule has 0 radical (unpaired) electrons. The van der Waals surface area contributed by atoms with Gasteiger partial charge in [0.1, 0.15) is 29.5 Å². The van der Waals surface area contributed by atoms with Crippen LogP contribution in [-0.2, 0) is 4.74 Å². The van der Waals surface area contributed by atoms with E-state index in [1.807, 2.05) is 11.0 Å². The summed E-state index contributed by atoms with van der Waals surface area (Å²) in [6, 6.07) is 4.81. The van der Waals surface area contributed by atoms with Gasteiger partial charge >= 0.3 is 6.36 Å². The van der Waals surface area contributed by atoms with Gasteiger partial charge in [0.25, 0.3) is 0 Å². The van der Waals surface area contributed by atoms with E-state index in [0.717, 1.165) is 44.0 Å². The largest absolute Gasteiger partial charge is 0.573 e. The van der Waals surface area contributed by atoms with Gasteiger partial charge in [-0.25, -0.2) is 15.0 Å². The standard InChI is InChI=1S/C18H21F3N6O2/c19-18(20,21)29-14-1-2-15(22-12-14)25-3-5-26(6-4-25)16-11-17(24-13-23-16)27-7-9-28-10-8-27/h1-2,11-13H,3-10H2. The van der Waals surface area contributed by atoms with Crippen LogP contribution in [0.15, 0.2) is 30.7 Å². The Morgan fingerprint density at radius 2 is 1.38 bits per heavy atom. The maximum Gasteiger partial charge on any atom is 0.573 e. The molecule has 2 aromatic heterocycles. The van der Waals surface area contributed by atoms with Crippen LogP contribution in [0.5, 0.6) is 5.75 Å². The molecule has 0 aromatic carbocycles. The zero-order valence-corrected chi connectivity index (χ0v) is 15.7. The van der Waals surface area contributed by atoms with E-state index in [1.54, 1.807) is 6.33 Å². The van der Waals surface area contributed by atoms with Crippen LogP contribution < -0.4 is 19.4 Å². The van der Waals surface area contributed by atoms with Gasteiger partial charge in [-0.1, -0.05) is 0 Å². The Bertz CT molecular complexity index is 806. The number of hydrogen-bond acceptors (Lipinski definition) is 8. The highest BCUT2D eigenvalue weighted by molar-refractivity contribution is 5.52. The van der Waals surface area contributed by atoms with Crippen LogP contribution in [0.3, 0.4) is 0 Å². The quantitative estimate of drug-likeness (QED) is 0.758. The van der Waals surface area contributed by atoms with E-state index < -0.39 is 6.36 Å². The monoisotopic (exact) mass is 410 g/mol. The number of alkyl halides is 3. The van der Waals surface area contributed by atoms with Crippen molar-refractivity contribution in [2.24, 2.45) is 0 Å². The number of halogens is 3. The Morgan fingerprint density at radius 3 is 1.93 bits per heavy atom. The minimum absolute atomic E-state index is 0.323. The number of anilines is 3. The van der Waals surface area contributed by atoms with Gasteiger partial charge in [-0.15, -0.1) is 13.2 Å². The summed E-state index contributed by atoms with van der Waals surface area (Å²) in [4.78, 5) is 19.2. The smallest absolute Gasteiger partial charge is 0.404 e. The first-order valence-corrected chi connectivity index (χ1v) is 9.34. The van der Waals surface area contributed by atoms with Gasteiger partial charge in [-0.3, -0.25) is 0 Å². The third-order valence-corrected chi connectivity index (χ3v) is 4.86. The number of hydrogen-bond donors (Lipinski definition) is 0. The van der Waals surface area contributed by atoms with Gasteiger partial charge in [0.2, 0.25) is 0 Å². The lowest BCUT2D eigenvalue weighted by Crippen LogP contribution is -2.47. The second-order valence-electron chi connectivity index (χ2n) is 6.71. The van der Waals surface area contributed by atoms with Crippen LogP contribution in [0.2, 0.25) is 0 Å². The summed E-state index contributed by atoms with van der Waals surface area (Å²) < 4.78 is 46.0. The SMILES string of the molecule is FC(F)(F)Oc1ccc(N2CCN(c3cc(N4CCOCC4)ncn3)CC2)nc1. The van der Waals surface area contributed by atoms with Crippen LogP contribution in [-0.4, -0.2) is 73.8 Å². The van der Waals surface area contributed by atoms with Gasteiger partial charge in [0, 0.05) is 45.3 Å². The molecule has 4 heterocycles. The fraction of sp³-hybridized carbons (Fsp3) is 0.500. The highest BCUT2D eigenvalue weighted by atomic mass is 19.4. The molecule has 2 saturated heterocycles. The summed E-state index contributed by atoms with van der Waals surface area (Å²) in [5.41, 5.74) is 0. The average molecular weight is 410 g/mol. The Hall–Kier alpha value is -2.82.